The van der Waals surface area contributed by atoms with Crippen LogP contribution < -0.4 is 5.73 Å². The average molecular weight is 305 g/mol. The smallest absolute Gasteiger partial charge is 0.330 e. The van der Waals surface area contributed by atoms with Gasteiger partial charge in [0.1, 0.15) is 5.82 Å². The van der Waals surface area contributed by atoms with E-state index in [2.05, 4.69) is 0 Å². The Morgan fingerprint density at radius 3 is 2.33 bits per heavy atom. The topological polar surface area (TPSA) is 43.1 Å². The Bertz CT molecular complexity index is 509. The van der Waals surface area contributed by atoms with Gasteiger partial charge >= 0.3 is 6.18 Å². The van der Waals surface area contributed by atoms with E-state index in [0.717, 1.165) is 12.5 Å². The minimum atomic E-state index is -4.81. The maximum Gasteiger partial charge on any atom is 0.419 e. The number of halogens is 4. The van der Waals surface area contributed by atoms with E-state index in [-0.39, 0.29) is 17.4 Å². The summed E-state index contributed by atoms with van der Waals surface area (Å²) in [5.74, 6) is -1.80. The normalized spacial score (nSPS) is 12.5. The highest BCUT2D eigenvalue weighted by atomic mass is 19.4. The van der Waals surface area contributed by atoms with Gasteiger partial charge in [0, 0.05) is 12.0 Å². The zero-order valence-electron chi connectivity index (χ0n) is 12.1. The number of ketones is 1. The molecule has 1 aromatic rings. The third-order valence-corrected chi connectivity index (χ3v) is 3.44. The molecule has 1 rings (SSSR count). The molecule has 2 nitrogen and oxygen atoms in total. The van der Waals surface area contributed by atoms with Gasteiger partial charge in [-0.1, -0.05) is 13.8 Å². The lowest BCUT2D eigenvalue weighted by molar-refractivity contribution is -0.140. The first-order valence-corrected chi connectivity index (χ1v) is 6.67. The number of carbonyl (C=O) groups excluding carboxylic acids is 1. The van der Waals surface area contributed by atoms with E-state index in [4.69, 9.17) is 5.73 Å². The van der Waals surface area contributed by atoms with Crippen molar-refractivity contribution in [3.05, 3.63) is 35.1 Å². The second-order valence-corrected chi connectivity index (χ2v) is 5.82. The molecule has 6 heteroatoms. The van der Waals surface area contributed by atoms with E-state index in [1.807, 2.05) is 13.8 Å². The molecule has 0 fully saturated rings. The second kappa shape index (κ2) is 6.56. The lowest BCUT2D eigenvalue weighted by atomic mass is 9.83. The molecular weight excluding hydrogens is 286 g/mol. The summed E-state index contributed by atoms with van der Waals surface area (Å²) in [6.07, 6.45) is -3.46. The first-order valence-electron chi connectivity index (χ1n) is 6.67. The summed E-state index contributed by atoms with van der Waals surface area (Å²) < 4.78 is 51.0. The predicted octanol–water partition coefficient (Wildman–Crippen LogP) is 4.18. The largest absolute Gasteiger partial charge is 0.419 e. The minimum Gasteiger partial charge on any atom is -0.330 e. The van der Waals surface area contributed by atoms with E-state index in [1.165, 1.54) is 0 Å². The van der Waals surface area contributed by atoms with Crippen molar-refractivity contribution in [2.24, 2.45) is 11.1 Å². The molecule has 2 N–H and O–H groups in total. The van der Waals surface area contributed by atoms with Crippen molar-refractivity contribution in [1.82, 2.24) is 0 Å². The number of hydrogen-bond donors (Lipinski definition) is 1. The molecule has 0 radical (unpaired) electrons. The standard InChI is InChI=1S/C15H19F4NO/c1-14(2,7-8-20)6-5-13(21)10-3-4-12(16)11(9-10)15(17,18)19/h3-4,9H,5-8,20H2,1-2H3. The molecule has 0 bridgehead atoms. The lowest BCUT2D eigenvalue weighted by Crippen LogP contribution is -2.18. The Hall–Kier alpha value is -1.43. The van der Waals surface area contributed by atoms with Gasteiger partial charge in [-0.15, -0.1) is 0 Å². The fourth-order valence-electron chi connectivity index (χ4n) is 2.03. The van der Waals surface area contributed by atoms with Gasteiger partial charge < -0.3 is 5.73 Å². The molecule has 0 aromatic heterocycles. The summed E-state index contributed by atoms with van der Waals surface area (Å²) in [6, 6.07) is 2.34. The maximum absolute atomic E-state index is 13.2. The van der Waals surface area contributed by atoms with E-state index in [0.29, 0.717) is 25.1 Å². The van der Waals surface area contributed by atoms with Gasteiger partial charge in [0.25, 0.3) is 0 Å². The summed E-state index contributed by atoms with van der Waals surface area (Å²) in [5, 5.41) is 0. The number of carbonyl (C=O) groups is 1. The number of Topliss-reactive ketones (excluding diaryl/α,β-unsaturated/α-hetero) is 1. The Labute approximate surface area is 121 Å². The van der Waals surface area contributed by atoms with Crippen molar-refractivity contribution in [1.29, 1.82) is 0 Å². The van der Waals surface area contributed by atoms with Crippen molar-refractivity contribution in [2.75, 3.05) is 6.54 Å². The first-order chi connectivity index (χ1) is 9.57. The fraction of sp³-hybridized carbons (Fsp3) is 0.533. The maximum atomic E-state index is 13.2. The Morgan fingerprint density at radius 1 is 1.19 bits per heavy atom. The van der Waals surface area contributed by atoms with E-state index in [1.54, 1.807) is 0 Å². The molecule has 0 spiro atoms. The van der Waals surface area contributed by atoms with Crippen LogP contribution in [0.1, 0.15) is 49.0 Å². The Balaban J connectivity index is 2.85. The van der Waals surface area contributed by atoms with Gasteiger partial charge in [-0.3, -0.25) is 4.79 Å². The van der Waals surface area contributed by atoms with Gasteiger partial charge in [0.15, 0.2) is 5.78 Å². The van der Waals surface area contributed by atoms with Crippen LogP contribution in [0.2, 0.25) is 0 Å². The van der Waals surface area contributed by atoms with Crippen LogP contribution in [0.5, 0.6) is 0 Å². The van der Waals surface area contributed by atoms with Crippen molar-refractivity contribution >= 4 is 5.78 Å². The molecule has 0 saturated carbocycles. The molecule has 1 aromatic carbocycles. The van der Waals surface area contributed by atoms with Gasteiger partial charge in [-0.05, 0) is 43.0 Å². The van der Waals surface area contributed by atoms with Crippen LogP contribution in [-0.4, -0.2) is 12.3 Å². The van der Waals surface area contributed by atoms with Crippen molar-refractivity contribution in [3.63, 3.8) is 0 Å². The molecule has 0 unspecified atom stereocenters. The van der Waals surface area contributed by atoms with E-state index >= 15 is 0 Å². The third-order valence-electron chi connectivity index (χ3n) is 3.44. The molecule has 0 aliphatic rings. The number of nitrogens with two attached hydrogens (primary N) is 1. The average Bonchev–Trinajstić information content (AvgIpc) is 2.35. The zero-order chi connectivity index (χ0) is 16.3. The van der Waals surface area contributed by atoms with Crippen LogP contribution in [0.3, 0.4) is 0 Å². The third kappa shape index (κ3) is 5.12. The van der Waals surface area contributed by atoms with Gasteiger partial charge in [0.05, 0.1) is 5.56 Å². The molecule has 21 heavy (non-hydrogen) atoms. The molecule has 0 aliphatic heterocycles. The number of benzene rings is 1. The minimum absolute atomic E-state index is 0.107. The summed E-state index contributed by atoms with van der Waals surface area (Å²) in [5.41, 5.74) is 3.78. The molecule has 0 aliphatic carbocycles. The SMILES string of the molecule is CC(C)(CCN)CCC(=O)c1ccc(F)c(C(F)(F)F)c1. The molecule has 118 valence electrons. The van der Waals surface area contributed by atoms with E-state index in [9.17, 15) is 22.4 Å². The van der Waals surface area contributed by atoms with Gasteiger partial charge in [-0.2, -0.15) is 13.2 Å². The summed E-state index contributed by atoms with van der Waals surface area (Å²) in [7, 11) is 0. The second-order valence-electron chi connectivity index (χ2n) is 5.82. The summed E-state index contributed by atoms with van der Waals surface area (Å²) in [6.45, 7) is 4.37. The number of alkyl halides is 3. The van der Waals surface area contributed by atoms with E-state index < -0.39 is 23.3 Å². The predicted molar refractivity (Wildman–Crippen MR) is 72.4 cm³/mol. The Morgan fingerprint density at radius 2 is 1.81 bits per heavy atom. The van der Waals surface area contributed by atoms with Crippen LogP contribution >= 0.6 is 0 Å². The quantitative estimate of drug-likeness (QED) is 0.633. The van der Waals surface area contributed by atoms with Crippen LogP contribution in [0.15, 0.2) is 18.2 Å². The van der Waals surface area contributed by atoms with Gasteiger partial charge in [0.2, 0.25) is 0 Å². The molecule has 0 amide bonds. The highest BCUT2D eigenvalue weighted by Crippen LogP contribution is 2.32. The van der Waals surface area contributed by atoms with Crippen molar-refractivity contribution < 1.29 is 22.4 Å². The van der Waals surface area contributed by atoms with Crippen LogP contribution in [0.25, 0.3) is 0 Å². The summed E-state index contributed by atoms with van der Waals surface area (Å²) in [4.78, 5) is 12.0. The highest BCUT2D eigenvalue weighted by Gasteiger charge is 2.34. The van der Waals surface area contributed by atoms with Crippen LogP contribution in [0, 0.1) is 11.2 Å². The van der Waals surface area contributed by atoms with Crippen molar-refractivity contribution in [3.8, 4) is 0 Å². The summed E-state index contributed by atoms with van der Waals surface area (Å²) >= 11 is 0. The Kier molecular flexibility index (Phi) is 5.50. The molecule has 0 atom stereocenters. The number of hydrogen-bond acceptors (Lipinski definition) is 2. The fourth-order valence-corrected chi connectivity index (χ4v) is 2.03. The lowest BCUT2D eigenvalue weighted by Gasteiger charge is -2.23. The van der Waals surface area contributed by atoms with Crippen LogP contribution in [-0.2, 0) is 6.18 Å². The number of rotatable bonds is 6. The molecular formula is C15H19F4NO. The first kappa shape index (κ1) is 17.6. The zero-order valence-corrected chi connectivity index (χ0v) is 12.1. The monoisotopic (exact) mass is 305 g/mol. The van der Waals surface area contributed by atoms with Crippen LogP contribution in [0.4, 0.5) is 17.6 Å². The molecule has 0 heterocycles. The highest BCUT2D eigenvalue weighted by molar-refractivity contribution is 5.96. The van der Waals surface area contributed by atoms with Crippen molar-refractivity contribution in [2.45, 2.75) is 39.3 Å². The van der Waals surface area contributed by atoms with Gasteiger partial charge in [-0.25, -0.2) is 4.39 Å². The molecule has 0 saturated heterocycles.